The summed E-state index contributed by atoms with van der Waals surface area (Å²) in [5.41, 5.74) is 7.07. The average molecular weight is 451 g/mol. The minimum absolute atomic E-state index is 0.358. The Hall–Kier alpha value is -2.85. The maximum atomic E-state index is 12.5. The zero-order valence-corrected chi connectivity index (χ0v) is 19.3. The Labute approximate surface area is 196 Å². The fourth-order valence-electron chi connectivity index (χ4n) is 5.30. The summed E-state index contributed by atoms with van der Waals surface area (Å²) in [4.78, 5) is 29.5. The third-order valence-corrected chi connectivity index (χ3v) is 7.52. The first-order valence-corrected chi connectivity index (χ1v) is 12.2. The van der Waals surface area contributed by atoms with Crippen molar-refractivity contribution in [3.05, 3.63) is 41.5 Å². The number of primary amides is 1. The van der Waals surface area contributed by atoms with Gasteiger partial charge in [0.05, 0.1) is 11.6 Å². The summed E-state index contributed by atoms with van der Waals surface area (Å²) >= 11 is 0. The van der Waals surface area contributed by atoms with Crippen LogP contribution in [0, 0.1) is 17.2 Å². The van der Waals surface area contributed by atoms with Gasteiger partial charge in [0.2, 0.25) is 0 Å². The molecule has 1 aromatic carbocycles. The molecule has 2 N–H and O–H groups in total. The minimum Gasteiger partial charge on any atom is -0.446 e. The molecule has 1 aliphatic heterocycles. The number of piperazine rings is 1. The quantitative estimate of drug-likeness (QED) is 0.641. The first kappa shape index (κ1) is 23.3. The van der Waals surface area contributed by atoms with Crippen molar-refractivity contribution in [3.63, 3.8) is 0 Å². The van der Waals surface area contributed by atoms with E-state index < -0.39 is 11.5 Å². The Bertz CT molecular complexity index is 935. The van der Waals surface area contributed by atoms with Crippen LogP contribution in [0.1, 0.15) is 56.9 Å². The molecule has 1 heterocycles. The van der Waals surface area contributed by atoms with Crippen LogP contribution in [0.25, 0.3) is 0 Å². The number of ether oxygens (including phenoxy) is 1. The van der Waals surface area contributed by atoms with Gasteiger partial charge in [0.15, 0.2) is 5.60 Å². The van der Waals surface area contributed by atoms with Gasteiger partial charge in [-0.2, -0.15) is 5.26 Å². The highest BCUT2D eigenvalue weighted by Crippen LogP contribution is 2.37. The number of rotatable bonds is 7. The smallest absolute Gasteiger partial charge is 0.334 e. The number of hydrogen-bond acceptors (Lipinski definition) is 6. The van der Waals surface area contributed by atoms with Crippen LogP contribution in [0.5, 0.6) is 0 Å². The molecule has 4 rings (SSSR count). The summed E-state index contributed by atoms with van der Waals surface area (Å²) in [6, 6.07) is 10.0. The zero-order valence-electron chi connectivity index (χ0n) is 19.3. The summed E-state index contributed by atoms with van der Waals surface area (Å²) in [5, 5.41) is 9.12. The van der Waals surface area contributed by atoms with E-state index in [9.17, 15) is 9.59 Å². The molecular formula is C26H34N4O3. The second kappa shape index (κ2) is 10.4. The van der Waals surface area contributed by atoms with E-state index in [0.29, 0.717) is 29.9 Å². The molecule has 2 aliphatic carbocycles. The fourth-order valence-corrected chi connectivity index (χ4v) is 5.30. The van der Waals surface area contributed by atoms with E-state index in [1.165, 1.54) is 0 Å². The average Bonchev–Trinajstić information content (AvgIpc) is 3.39. The molecule has 7 heteroatoms. The maximum absolute atomic E-state index is 12.5. The van der Waals surface area contributed by atoms with Crippen molar-refractivity contribution in [3.8, 4) is 6.07 Å². The standard InChI is InChI=1S/C26H34N4O3/c27-19-21-4-3-7-23(18-21)30-16-14-29(15-17-30)13-10-20-8-11-26(12-9-20,25(28)32)33-24(31)22-5-1-2-6-22/h3-5,7,18,20H,1-2,6,8-17H2,(H2,28,32). The van der Waals surface area contributed by atoms with Crippen molar-refractivity contribution in [2.24, 2.45) is 11.7 Å². The van der Waals surface area contributed by atoms with Gasteiger partial charge in [0, 0.05) is 37.4 Å². The number of carbonyl (C=O) groups is 2. The molecule has 0 spiro atoms. The Balaban J connectivity index is 1.22. The Morgan fingerprint density at radius 3 is 2.58 bits per heavy atom. The monoisotopic (exact) mass is 450 g/mol. The molecule has 0 aromatic heterocycles. The molecule has 0 atom stereocenters. The number of nitriles is 1. The lowest BCUT2D eigenvalue weighted by atomic mass is 9.77. The van der Waals surface area contributed by atoms with Gasteiger partial charge in [0.1, 0.15) is 0 Å². The molecule has 1 saturated carbocycles. The largest absolute Gasteiger partial charge is 0.446 e. The number of nitrogens with zero attached hydrogens (tertiary/aromatic N) is 3. The van der Waals surface area contributed by atoms with Gasteiger partial charge in [0.25, 0.3) is 5.91 Å². The molecule has 0 radical (unpaired) electrons. The van der Waals surface area contributed by atoms with E-state index >= 15 is 0 Å². The van der Waals surface area contributed by atoms with Crippen LogP contribution < -0.4 is 10.6 Å². The van der Waals surface area contributed by atoms with Crippen molar-refractivity contribution in [2.45, 2.75) is 57.0 Å². The second-order valence-electron chi connectivity index (χ2n) is 9.59. The third-order valence-electron chi connectivity index (χ3n) is 7.52. The van der Waals surface area contributed by atoms with E-state index in [0.717, 1.165) is 76.9 Å². The van der Waals surface area contributed by atoms with Gasteiger partial charge < -0.3 is 15.4 Å². The van der Waals surface area contributed by atoms with Crippen molar-refractivity contribution in [2.75, 3.05) is 37.6 Å². The summed E-state index contributed by atoms with van der Waals surface area (Å²) in [5.74, 6) is -0.348. The number of hydrogen-bond donors (Lipinski definition) is 1. The van der Waals surface area contributed by atoms with E-state index in [2.05, 4.69) is 21.9 Å². The Morgan fingerprint density at radius 2 is 1.94 bits per heavy atom. The molecule has 1 amide bonds. The Morgan fingerprint density at radius 1 is 1.18 bits per heavy atom. The van der Waals surface area contributed by atoms with Crippen LogP contribution in [0.2, 0.25) is 0 Å². The summed E-state index contributed by atoms with van der Waals surface area (Å²) in [6.07, 6.45) is 8.36. The van der Waals surface area contributed by atoms with E-state index in [1.807, 2.05) is 24.3 Å². The maximum Gasteiger partial charge on any atom is 0.334 e. The number of allylic oxidation sites excluding steroid dienone is 1. The lowest BCUT2D eigenvalue weighted by molar-refractivity contribution is -0.168. The van der Waals surface area contributed by atoms with E-state index in [-0.39, 0.29) is 5.97 Å². The Kier molecular flexibility index (Phi) is 7.34. The van der Waals surface area contributed by atoms with E-state index in [4.69, 9.17) is 15.7 Å². The van der Waals surface area contributed by atoms with Crippen LogP contribution in [0.4, 0.5) is 5.69 Å². The number of anilines is 1. The fraction of sp³-hybridized carbons (Fsp3) is 0.577. The topological polar surface area (TPSA) is 99.7 Å². The summed E-state index contributed by atoms with van der Waals surface area (Å²) < 4.78 is 5.72. The van der Waals surface area contributed by atoms with Gasteiger partial charge in [-0.3, -0.25) is 9.69 Å². The lowest BCUT2D eigenvalue weighted by Gasteiger charge is -2.39. The molecular weight excluding hydrogens is 416 g/mol. The highest BCUT2D eigenvalue weighted by molar-refractivity contribution is 5.93. The van der Waals surface area contributed by atoms with Crippen LogP contribution in [0.3, 0.4) is 0 Å². The number of amides is 1. The van der Waals surface area contributed by atoms with Crippen LogP contribution >= 0.6 is 0 Å². The number of nitrogens with two attached hydrogens (primary N) is 1. The first-order valence-electron chi connectivity index (χ1n) is 12.2. The molecule has 7 nitrogen and oxygen atoms in total. The molecule has 176 valence electrons. The van der Waals surface area contributed by atoms with Gasteiger partial charge >= 0.3 is 5.97 Å². The molecule has 3 aliphatic rings. The third kappa shape index (κ3) is 5.56. The second-order valence-corrected chi connectivity index (χ2v) is 9.59. The number of carbonyl (C=O) groups excluding carboxylic acids is 2. The molecule has 1 saturated heterocycles. The first-order chi connectivity index (χ1) is 16.0. The van der Waals surface area contributed by atoms with Crippen LogP contribution in [0.15, 0.2) is 35.9 Å². The van der Waals surface area contributed by atoms with Crippen molar-refractivity contribution in [1.29, 1.82) is 5.26 Å². The van der Waals surface area contributed by atoms with Gasteiger partial charge in [-0.1, -0.05) is 12.1 Å². The minimum atomic E-state index is -1.14. The normalized spacial score (nSPS) is 25.8. The molecule has 1 aromatic rings. The molecule has 33 heavy (non-hydrogen) atoms. The van der Waals surface area contributed by atoms with Crippen molar-refractivity contribution >= 4 is 17.6 Å². The highest BCUT2D eigenvalue weighted by atomic mass is 16.6. The van der Waals surface area contributed by atoms with E-state index in [1.54, 1.807) is 0 Å². The molecule has 0 bridgehead atoms. The predicted molar refractivity (Wildman–Crippen MR) is 126 cm³/mol. The molecule has 2 fully saturated rings. The summed E-state index contributed by atoms with van der Waals surface area (Å²) in [7, 11) is 0. The number of esters is 1. The molecule has 0 unspecified atom stereocenters. The van der Waals surface area contributed by atoms with Crippen molar-refractivity contribution < 1.29 is 14.3 Å². The van der Waals surface area contributed by atoms with Crippen LogP contribution in [-0.4, -0.2) is 55.1 Å². The van der Waals surface area contributed by atoms with Gasteiger partial charge in [-0.05, 0) is 82.0 Å². The lowest BCUT2D eigenvalue weighted by Crippen LogP contribution is -2.50. The predicted octanol–water partition coefficient (Wildman–Crippen LogP) is 3.14. The van der Waals surface area contributed by atoms with Crippen molar-refractivity contribution in [1.82, 2.24) is 4.90 Å². The van der Waals surface area contributed by atoms with Crippen LogP contribution in [-0.2, 0) is 14.3 Å². The van der Waals surface area contributed by atoms with Gasteiger partial charge in [-0.15, -0.1) is 0 Å². The highest BCUT2D eigenvalue weighted by Gasteiger charge is 2.44. The SMILES string of the molecule is N#Cc1cccc(N2CCN(CCC3CCC(OC(=O)C4=CCCC4)(C(N)=O)CC3)CC2)c1. The van der Waals surface area contributed by atoms with Gasteiger partial charge in [-0.25, -0.2) is 4.79 Å². The summed E-state index contributed by atoms with van der Waals surface area (Å²) in [6.45, 7) is 4.95. The number of benzene rings is 1. The zero-order chi connectivity index (χ0) is 23.3.